The predicted octanol–water partition coefficient (Wildman–Crippen LogP) is 3.29. The summed E-state index contributed by atoms with van der Waals surface area (Å²) >= 11 is 0. The fourth-order valence-electron chi connectivity index (χ4n) is 3.25. The number of benzene rings is 3. The highest BCUT2D eigenvalue weighted by molar-refractivity contribution is 6.27. The fourth-order valence-corrected chi connectivity index (χ4v) is 3.25. The van der Waals surface area contributed by atoms with Gasteiger partial charge in [-0.2, -0.15) is 0 Å². The Bertz CT molecular complexity index is 1020. The quantitative estimate of drug-likeness (QED) is 0.713. The van der Waals surface area contributed by atoms with E-state index in [0.717, 1.165) is 5.56 Å². The molecule has 3 aromatic carbocycles. The molecule has 2 N–H and O–H groups in total. The third kappa shape index (κ3) is 2.84. The molecule has 26 heavy (non-hydrogen) atoms. The number of rotatable bonds is 4. The van der Waals surface area contributed by atoms with Crippen molar-refractivity contribution in [2.24, 2.45) is 0 Å². The van der Waals surface area contributed by atoms with E-state index in [1.165, 1.54) is 0 Å². The van der Waals surface area contributed by atoms with Gasteiger partial charge in [-0.1, -0.05) is 42.5 Å². The van der Waals surface area contributed by atoms with E-state index in [0.29, 0.717) is 40.4 Å². The SMILES string of the molecule is O=C(CCc1ccccc1)Nc1ccc2c3c(cccc13)C(=O)NC2=O. The van der Waals surface area contributed by atoms with Crippen LogP contribution >= 0.6 is 0 Å². The van der Waals surface area contributed by atoms with Crippen LogP contribution in [0.3, 0.4) is 0 Å². The molecule has 0 radical (unpaired) electrons. The molecule has 0 spiro atoms. The Hall–Kier alpha value is -3.47. The lowest BCUT2D eigenvalue weighted by atomic mass is 9.94. The van der Waals surface area contributed by atoms with Crippen LogP contribution in [-0.2, 0) is 11.2 Å². The first-order valence-electron chi connectivity index (χ1n) is 8.38. The minimum absolute atomic E-state index is 0.110. The van der Waals surface area contributed by atoms with E-state index in [2.05, 4.69) is 10.6 Å². The van der Waals surface area contributed by atoms with E-state index >= 15 is 0 Å². The van der Waals surface area contributed by atoms with Gasteiger partial charge in [0.25, 0.3) is 11.8 Å². The Morgan fingerprint density at radius 3 is 2.35 bits per heavy atom. The van der Waals surface area contributed by atoms with Gasteiger partial charge in [-0.25, -0.2) is 0 Å². The summed E-state index contributed by atoms with van der Waals surface area (Å²) in [5, 5.41) is 6.51. The lowest BCUT2D eigenvalue weighted by Crippen LogP contribution is -2.34. The Balaban J connectivity index is 1.62. The second-order valence-electron chi connectivity index (χ2n) is 6.21. The molecule has 5 heteroatoms. The van der Waals surface area contributed by atoms with Gasteiger partial charge >= 0.3 is 0 Å². The summed E-state index contributed by atoms with van der Waals surface area (Å²) < 4.78 is 0. The highest BCUT2D eigenvalue weighted by Crippen LogP contribution is 2.32. The van der Waals surface area contributed by atoms with Crippen molar-refractivity contribution in [2.75, 3.05) is 5.32 Å². The lowest BCUT2D eigenvalue weighted by molar-refractivity contribution is -0.116. The topological polar surface area (TPSA) is 75.3 Å². The van der Waals surface area contributed by atoms with Crippen molar-refractivity contribution in [1.29, 1.82) is 0 Å². The van der Waals surface area contributed by atoms with E-state index in [1.54, 1.807) is 30.3 Å². The van der Waals surface area contributed by atoms with Crippen molar-refractivity contribution in [2.45, 2.75) is 12.8 Å². The van der Waals surface area contributed by atoms with Crippen molar-refractivity contribution in [3.8, 4) is 0 Å². The molecule has 0 bridgehead atoms. The number of nitrogens with one attached hydrogen (secondary N) is 2. The van der Waals surface area contributed by atoms with Gasteiger partial charge < -0.3 is 5.32 Å². The van der Waals surface area contributed by atoms with Crippen molar-refractivity contribution in [3.05, 3.63) is 77.4 Å². The number of carbonyl (C=O) groups is 3. The smallest absolute Gasteiger partial charge is 0.258 e. The molecule has 0 saturated carbocycles. The number of hydrogen-bond acceptors (Lipinski definition) is 3. The molecule has 0 aliphatic carbocycles. The van der Waals surface area contributed by atoms with Gasteiger partial charge in [0.1, 0.15) is 0 Å². The Morgan fingerprint density at radius 1 is 0.846 bits per heavy atom. The van der Waals surface area contributed by atoms with E-state index in [4.69, 9.17) is 0 Å². The summed E-state index contributed by atoms with van der Waals surface area (Å²) in [6.07, 6.45) is 1.00. The van der Waals surface area contributed by atoms with Crippen LogP contribution in [0.5, 0.6) is 0 Å². The summed E-state index contributed by atoms with van der Waals surface area (Å²) in [4.78, 5) is 36.5. The van der Waals surface area contributed by atoms with E-state index in [1.807, 2.05) is 30.3 Å². The minimum atomic E-state index is -0.416. The number of anilines is 1. The van der Waals surface area contributed by atoms with Crippen LogP contribution in [0.15, 0.2) is 60.7 Å². The first kappa shape index (κ1) is 16.0. The van der Waals surface area contributed by atoms with Crippen molar-refractivity contribution in [3.63, 3.8) is 0 Å². The molecule has 1 heterocycles. The molecule has 128 valence electrons. The highest BCUT2D eigenvalue weighted by atomic mass is 16.2. The first-order chi connectivity index (χ1) is 12.6. The Labute approximate surface area is 150 Å². The predicted molar refractivity (Wildman–Crippen MR) is 99.1 cm³/mol. The molecule has 1 aliphatic heterocycles. The van der Waals surface area contributed by atoms with Crippen molar-refractivity contribution in [1.82, 2.24) is 5.32 Å². The molecule has 5 nitrogen and oxygen atoms in total. The Morgan fingerprint density at radius 2 is 1.58 bits per heavy atom. The standard InChI is InChI=1S/C21H16N2O3/c24-18(12-9-13-5-2-1-3-6-13)22-17-11-10-16-19-14(17)7-4-8-15(19)20(25)23-21(16)26/h1-8,10-11H,9,12H2,(H,22,24)(H,23,25,26). The average molecular weight is 344 g/mol. The van der Waals surface area contributed by atoms with Gasteiger partial charge in [0.05, 0.1) is 0 Å². The maximum atomic E-state index is 12.4. The van der Waals surface area contributed by atoms with Gasteiger partial charge in [0.2, 0.25) is 5.91 Å². The fraction of sp³-hybridized carbons (Fsp3) is 0.0952. The molecular formula is C21H16N2O3. The van der Waals surface area contributed by atoms with Crippen LogP contribution in [0.25, 0.3) is 10.8 Å². The zero-order valence-electron chi connectivity index (χ0n) is 13.9. The van der Waals surface area contributed by atoms with E-state index < -0.39 is 11.8 Å². The van der Waals surface area contributed by atoms with Crippen LogP contribution < -0.4 is 10.6 Å². The zero-order chi connectivity index (χ0) is 18.1. The maximum absolute atomic E-state index is 12.4. The minimum Gasteiger partial charge on any atom is -0.326 e. The molecule has 4 rings (SSSR count). The van der Waals surface area contributed by atoms with Crippen LogP contribution in [-0.4, -0.2) is 17.7 Å². The molecular weight excluding hydrogens is 328 g/mol. The van der Waals surface area contributed by atoms with Crippen LogP contribution in [0.1, 0.15) is 32.7 Å². The number of imide groups is 1. The van der Waals surface area contributed by atoms with E-state index in [-0.39, 0.29) is 5.91 Å². The van der Waals surface area contributed by atoms with E-state index in [9.17, 15) is 14.4 Å². The average Bonchev–Trinajstić information content (AvgIpc) is 2.66. The summed E-state index contributed by atoms with van der Waals surface area (Å²) in [6.45, 7) is 0. The number of hydrogen-bond donors (Lipinski definition) is 2. The largest absolute Gasteiger partial charge is 0.326 e. The molecule has 0 saturated heterocycles. The van der Waals surface area contributed by atoms with Crippen LogP contribution in [0.4, 0.5) is 5.69 Å². The van der Waals surface area contributed by atoms with Crippen molar-refractivity contribution < 1.29 is 14.4 Å². The van der Waals surface area contributed by atoms with Crippen LogP contribution in [0, 0.1) is 0 Å². The van der Waals surface area contributed by atoms with Gasteiger partial charge in [0, 0.05) is 34.0 Å². The lowest BCUT2D eigenvalue weighted by Gasteiger charge is -2.18. The summed E-state index contributed by atoms with van der Waals surface area (Å²) in [5.74, 6) is -0.942. The van der Waals surface area contributed by atoms with Gasteiger partial charge in [-0.05, 0) is 30.2 Å². The second kappa shape index (κ2) is 6.44. The first-order valence-corrected chi connectivity index (χ1v) is 8.38. The third-order valence-electron chi connectivity index (χ3n) is 4.51. The summed E-state index contributed by atoms with van der Waals surface area (Å²) in [5.41, 5.74) is 2.59. The summed E-state index contributed by atoms with van der Waals surface area (Å²) in [7, 11) is 0. The van der Waals surface area contributed by atoms with Crippen LogP contribution in [0.2, 0.25) is 0 Å². The van der Waals surface area contributed by atoms with Gasteiger partial charge in [0.15, 0.2) is 0 Å². The number of amides is 3. The molecule has 3 aromatic rings. The molecule has 1 aliphatic rings. The number of aryl methyl sites for hydroxylation is 1. The zero-order valence-corrected chi connectivity index (χ0v) is 13.9. The van der Waals surface area contributed by atoms with Gasteiger partial charge in [-0.15, -0.1) is 0 Å². The summed E-state index contributed by atoms with van der Waals surface area (Å²) in [6, 6.07) is 18.4. The maximum Gasteiger partial charge on any atom is 0.258 e. The monoisotopic (exact) mass is 344 g/mol. The molecule has 0 fully saturated rings. The van der Waals surface area contributed by atoms with Gasteiger partial charge in [-0.3, -0.25) is 19.7 Å². The molecule has 0 aromatic heterocycles. The Kier molecular flexibility index (Phi) is 3.97. The molecule has 0 unspecified atom stereocenters. The normalized spacial score (nSPS) is 12.8. The van der Waals surface area contributed by atoms with Crippen molar-refractivity contribution >= 4 is 34.2 Å². The molecule has 0 atom stereocenters. The molecule has 3 amide bonds. The number of carbonyl (C=O) groups excluding carboxylic acids is 3. The second-order valence-corrected chi connectivity index (χ2v) is 6.21. The highest BCUT2D eigenvalue weighted by Gasteiger charge is 2.25. The third-order valence-corrected chi connectivity index (χ3v) is 4.51.